The van der Waals surface area contributed by atoms with Crippen LogP contribution in [-0.4, -0.2) is 41.2 Å². The van der Waals surface area contributed by atoms with E-state index in [1.807, 2.05) is 6.08 Å². The van der Waals surface area contributed by atoms with Crippen LogP contribution >= 0.6 is 11.8 Å². The van der Waals surface area contributed by atoms with Crippen LogP contribution in [0.4, 0.5) is 0 Å². The number of thioether (sulfide) groups is 1. The molecular formula is C28H48O3S. The fourth-order valence-corrected chi connectivity index (χ4v) is 7.06. The normalized spacial score (nSPS) is 32.0. The van der Waals surface area contributed by atoms with Crippen molar-refractivity contribution in [3.8, 4) is 0 Å². The molecule has 0 aromatic heterocycles. The van der Waals surface area contributed by atoms with E-state index in [1.165, 1.54) is 51.4 Å². The van der Waals surface area contributed by atoms with Crippen LogP contribution in [0.3, 0.4) is 0 Å². The van der Waals surface area contributed by atoms with Crippen molar-refractivity contribution in [3.05, 3.63) is 24.3 Å². The van der Waals surface area contributed by atoms with Crippen LogP contribution in [0.1, 0.15) is 91.4 Å². The van der Waals surface area contributed by atoms with Gasteiger partial charge in [0.25, 0.3) is 0 Å². The second kappa shape index (κ2) is 14.2. The van der Waals surface area contributed by atoms with Gasteiger partial charge in [0.1, 0.15) is 0 Å². The van der Waals surface area contributed by atoms with E-state index >= 15 is 0 Å². The predicted octanol–water partition coefficient (Wildman–Crippen LogP) is 7.15. The van der Waals surface area contributed by atoms with E-state index in [4.69, 9.17) is 9.47 Å². The third-order valence-corrected chi connectivity index (χ3v) is 9.32. The van der Waals surface area contributed by atoms with Gasteiger partial charge in [-0.2, -0.15) is 11.8 Å². The fraction of sp³-hybridized carbons (Fsp3) is 0.857. The van der Waals surface area contributed by atoms with Crippen molar-refractivity contribution in [1.82, 2.24) is 0 Å². The van der Waals surface area contributed by atoms with E-state index in [0.29, 0.717) is 17.8 Å². The summed E-state index contributed by atoms with van der Waals surface area (Å²) in [5.74, 6) is 3.82. The summed E-state index contributed by atoms with van der Waals surface area (Å²) < 4.78 is 12.1. The first-order chi connectivity index (χ1) is 15.5. The van der Waals surface area contributed by atoms with Crippen LogP contribution in [0.2, 0.25) is 0 Å². The first-order valence-electron chi connectivity index (χ1n) is 13.5. The van der Waals surface area contributed by atoms with Gasteiger partial charge < -0.3 is 14.6 Å². The molecule has 1 N–H and O–H groups in total. The Kier molecular flexibility index (Phi) is 11.7. The summed E-state index contributed by atoms with van der Waals surface area (Å²) in [6.07, 6.45) is 22.8. The lowest BCUT2D eigenvalue weighted by atomic mass is 9.74. The molecule has 0 heterocycles. The third kappa shape index (κ3) is 8.81. The van der Waals surface area contributed by atoms with Gasteiger partial charge >= 0.3 is 0 Å². The highest BCUT2D eigenvalue weighted by Gasteiger charge is 2.28. The van der Waals surface area contributed by atoms with Crippen molar-refractivity contribution in [2.45, 2.75) is 115 Å². The Balaban J connectivity index is 1.34. The molecule has 184 valence electrons. The standard InChI is InChI=1S/C28H48O3S/c1-4-23(20-21(2)24-10-14-26(29)15-11-24)25-12-16-27(17-13-25)31-22(3)30-18-19-32-28-8-6-5-7-9-28/h10,12,14,16,21-29H,4-9,11,13,15,17-20H2,1-3H3. The lowest BCUT2D eigenvalue weighted by Crippen LogP contribution is -2.27. The summed E-state index contributed by atoms with van der Waals surface area (Å²) in [6, 6.07) is 0. The molecule has 0 bridgehead atoms. The largest absolute Gasteiger partial charge is 0.389 e. The van der Waals surface area contributed by atoms with Gasteiger partial charge in [-0.1, -0.05) is 63.8 Å². The zero-order valence-corrected chi connectivity index (χ0v) is 21.6. The molecule has 0 radical (unpaired) electrons. The maximum absolute atomic E-state index is 9.72. The molecule has 1 fully saturated rings. The van der Waals surface area contributed by atoms with Crippen molar-refractivity contribution < 1.29 is 14.6 Å². The van der Waals surface area contributed by atoms with E-state index in [-0.39, 0.29) is 18.5 Å². The van der Waals surface area contributed by atoms with Crippen molar-refractivity contribution >= 4 is 11.8 Å². The Morgan fingerprint density at radius 2 is 1.66 bits per heavy atom. The number of aliphatic hydroxyl groups is 1. The number of ether oxygens (including phenoxy) is 2. The highest BCUT2D eigenvalue weighted by molar-refractivity contribution is 7.99. The fourth-order valence-electron chi connectivity index (χ4n) is 5.87. The minimum atomic E-state index is -0.222. The molecule has 7 atom stereocenters. The van der Waals surface area contributed by atoms with Gasteiger partial charge in [0.05, 0.1) is 18.8 Å². The first kappa shape index (κ1) is 26.3. The molecule has 0 spiro atoms. The molecule has 3 aliphatic carbocycles. The van der Waals surface area contributed by atoms with Gasteiger partial charge in [-0.3, -0.25) is 0 Å². The molecule has 0 aromatic carbocycles. The number of hydrogen-bond acceptors (Lipinski definition) is 4. The van der Waals surface area contributed by atoms with Crippen LogP contribution in [-0.2, 0) is 9.47 Å². The SMILES string of the molecule is CCC(CC(C)C1C=CC(O)CC1)C1C=CC(OC(C)OCCSC2CCCCC2)CC1. The van der Waals surface area contributed by atoms with Gasteiger partial charge in [-0.25, -0.2) is 0 Å². The molecule has 3 aliphatic rings. The van der Waals surface area contributed by atoms with Crippen molar-refractivity contribution in [2.24, 2.45) is 23.7 Å². The summed E-state index contributed by atoms with van der Waals surface area (Å²) in [6.45, 7) is 7.59. The molecule has 3 rings (SSSR count). The van der Waals surface area contributed by atoms with Gasteiger partial charge in [0.15, 0.2) is 6.29 Å². The highest BCUT2D eigenvalue weighted by Crippen LogP contribution is 2.36. The number of hydrogen-bond donors (Lipinski definition) is 1. The molecule has 7 unspecified atom stereocenters. The van der Waals surface area contributed by atoms with Gasteiger partial charge in [-0.15, -0.1) is 0 Å². The monoisotopic (exact) mass is 464 g/mol. The highest BCUT2D eigenvalue weighted by atomic mass is 32.2. The molecule has 0 aliphatic heterocycles. The van der Waals surface area contributed by atoms with Crippen LogP contribution in [0.5, 0.6) is 0 Å². The van der Waals surface area contributed by atoms with E-state index in [0.717, 1.165) is 42.8 Å². The molecule has 1 saturated carbocycles. The molecule has 0 saturated heterocycles. The van der Waals surface area contributed by atoms with Crippen LogP contribution in [0.15, 0.2) is 24.3 Å². The van der Waals surface area contributed by atoms with Crippen molar-refractivity contribution in [2.75, 3.05) is 12.4 Å². The maximum atomic E-state index is 9.72. The van der Waals surface area contributed by atoms with Crippen LogP contribution < -0.4 is 0 Å². The van der Waals surface area contributed by atoms with Gasteiger partial charge in [0.2, 0.25) is 0 Å². The van der Waals surface area contributed by atoms with E-state index in [1.54, 1.807) is 0 Å². The molecule has 3 nitrogen and oxygen atoms in total. The van der Waals surface area contributed by atoms with Crippen LogP contribution in [0, 0.1) is 23.7 Å². The quantitative estimate of drug-likeness (QED) is 0.189. The second-order valence-corrected chi connectivity index (χ2v) is 11.9. The Labute approximate surface area is 201 Å². The van der Waals surface area contributed by atoms with E-state index in [9.17, 15) is 5.11 Å². The van der Waals surface area contributed by atoms with Gasteiger partial charge in [-0.05, 0) is 75.5 Å². The molecule has 4 heteroatoms. The average molecular weight is 465 g/mol. The Morgan fingerprint density at radius 3 is 2.31 bits per heavy atom. The summed E-state index contributed by atoms with van der Waals surface area (Å²) >= 11 is 2.10. The second-order valence-electron chi connectivity index (χ2n) is 10.4. The Hall–Kier alpha value is -0.290. The lowest BCUT2D eigenvalue weighted by Gasteiger charge is -2.34. The lowest BCUT2D eigenvalue weighted by molar-refractivity contribution is -0.148. The van der Waals surface area contributed by atoms with Crippen molar-refractivity contribution in [1.29, 1.82) is 0 Å². The topological polar surface area (TPSA) is 38.7 Å². The summed E-state index contributed by atoms with van der Waals surface area (Å²) in [5, 5.41) is 10.6. The average Bonchev–Trinajstić information content (AvgIpc) is 2.82. The Bertz CT molecular complexity index is 571. The minimum Gasteiger partial charge on any atom is -0.389 e. The smallest absolute Gasteiger partial charge is 0.155 e. The molecule has 32 heavy (non-hydrogen) atoms. The maximum Gasteiger partial charge on any atom is 0.155 e. The van der Waals surface area contributed by atoms with E-state index in [2.05, 4.69) is 50.8 Å². The predicted molar refractivity (Wildman–Crippen MR) is 137 cm³/mol. The Morgan fingerprint density at radius 1 is 0.906 bits per heavy atom. The molecule has 0 amide bonds. The van der Waals surface area contributed by atoms with E-state index < -0.39 is 0 Å². The number of allylic oxidation sites excluding steroid dienone is 2. The van der Waals surface area contributed by atoms with Crippen molar-refractivity contribution in [3.63, 3.8) is 0 Å². The number of aliphatic hydroxyl groups excluding tert-OH is 1. The summed E-state index contributed by atoms with van der Waals surface area (Å²) in [7, 11) is 0. The number of rotatable bonds is 12. The molecular weight excluding hydrogens is 416 g/mol. The zero-order chi connectivity index (χ0) is 22.8. The van der Waals surface area contributed by atoms with Gasteiger partial charge in [0, 0.05) is 11.0 Å². The third-order valence-electron chi connectivity index (χ3n) is 7.98. The zero-order valence-electron chi connectivity index (χ0n) is 20.8. The van der Waals surface area contributed by atoms with Crippen LogP contribution in [0.25, 0.3) is 0 Å². The minimum absolute atomic E-state index is 0.122. The summed E-state index contributed by atoms with van der Waals surface area (Å²) in [5.41, 5.74) is 0. The molecule has 0 aromatic rings. The first-order valence-corrected chi connectivity index (χ1v) is 14.5. The summed E-state index contributed by atoms with van der Waals surface area (Å²) in [4.78, 5) is 0.